The van der Waals surface area contributed by atoms with Crippen LogP contribution in [-0.4, -0.2) is 41.4 Å². The van der Waals surface area contributed by atoms with Gasteiger partial charge in [0.1, 0.15) is 0 Å². The molecular weight excluding hydrogens is 326 g/mol. The van der Waals surface area contributed by atoms with Crippen LogP contribution in [0.2, 0.25) is 0 Å². The molecule has 4 heteroatoms. The molecule has 0 aromatic carbocycles. The molecule has 1 amide bonds. The van der Waals surface area contributed by atoms with E-state index in [1.807, 2.05) is 12.0 Å². The Kier molecular flexibility index (Phi) is 4.30. The Morgan fingerprint density at radius 3 is 2.23 bits per heavy atom. The number of hydrogen-bond donors (Lipinski definition) is 0. The summed E-state index contributed by atoms with van der Waals surface area (Å²) in [6.45, 7) is 8.08. The van der Waals surface area contributed by atoms with Gasteiger partial charge in [-0.05, 0) is 82.0 Å². The van der Waals surface area contributed by atoms with Crippen LogP contribution in [0.1, 0.15) is 72.6 Å². The number of likely N-dealkylation sites (tertiary alicyclic amines) is 1. The predicted octanol–water partition coefficient (Wildman–Crippen LogP) is 3.82. The van der Waals surface area contributed by atoms with Gasteiger partial charge in [0, 0.05) is 19.1 Å². The number of ketones is 1. The first-order chi connectivity index (χ1) is 12.2. The molecule has 0 N–H and O–H groups in total. The minimum atomic E-state index is -0.222. The maximum Gasteiger partial charge on any atom is 0.226 e. The van der Waals surface area contributed by atoms with Gasteiger partial charge >= 0.3 is 0 Å². The fourth-order valence-electron chi connectivity index (χ4n) is 7.42. The number of carbonyl (C=O) groups excluding carboxylic acids is 2. The summed E-state index contributed by atoms with van der Waals surface area (Å²) in [4.78, 5) is 27.8. The van der Waals surface area contributed by atoms with Crippen molar-refractivity contribution in [3.63, 3.8) is 0 Å². The van der Waals surface area contributed by atoms with Crippen molar-refractivity contribution >= 4 is 11.7 Å². The molecule has 5 rings (SSSR count). The second-order valence-electron chi connectivity index (χ2n) is 10.3. The van der Waals surface area contributed by atoms with E-state index in [9.17, 15) is 9.59 Å². The van der Waals surface area contributed by atoms with E-state index in [1.165, 1.54) is 32.1 Å². The number of nitrogens with zero attached hydrogens (tertiary/aromatic N) is 1. The molecule has 5 fully saturated rings. The van der Waals surface area contributed by atoms with Crippen molar-refractivity contribution in [3.05, 3.63) is 0 Å². The molecule has 4 aliphatic carbocycles. The Hall–Kier alpha value is -0.900. The zero-order valence-electron chi connectivity index (χ0n) is 17.1. The molecule has 0 spiro atoms. The van der Waals surface area contributed by atoms with Gasteiger partial charge in [-0.3, -0.25) is 9.59 Å². The normalized spacial score (nSPS) is 48.0. The van der Waals surface area contributed by atoms with Gasteiger partial charge in [-0.25, -0.2) is 0 Å². The SMILES string of the molecule is COC12CC3CC(C1)CC([C@H](C)C(=O)N1C(C)[C@@H](C)C[C@H]1C(C)=O)(C3)C2. The van der Waals surface area contributed by atoms with E-state index in [0.717, 1.165) is 12.8 Å². The number of amides is 1. The van der Waals surface area contributed by atoms with E-state index < -0.39 is 0 Å². The molecule has 1 heterocycles. The van der Waals surface area contributed by atoms with Gasteiger partial charge in [-0.15, -0.1) is 0 Å². The van der Waals surface area contributed by atoms with Crippen molar-refractivity contribution < 1.29 is 14.3 Å². The highest BCUT2D eigenvalue weighted by atomic mass is 16.5. The van der Waals surface area contributed by atoms with E-state index in [1.54, 1.807) is 6.92 Å². The minimum absolute atomic E-state index is 0.00250. The number of rotatable bonds is 4. The molecule has 6 atom stereocenters. The number of carbonyl (C=O) groups is 2. The van der Waals surface area contributed by atoms with Crippen LogP contribution in [0, 0.1) is 29.1 Å². The highest BCUT2D eigenvalue weighted by Crippen LogP contribution is 2.65. The molecule has 0 aromatic rings. The summed E-state index contributed by atoms with van der Waals surface area (Å²) in [7, 11) is 1.86. The van der Waals surface area contributed by atoms with E-state index in [2.05, 4.69) is 20.8 Å². The maximum absolute atomic E-state index is 13.7. The van der Waals surface area contributed by atoms with Crippen LogP contribution < -0.4 is 0 Å². The first-order valence-corrected chi connectivity index (χ1v) is 10.6. The van der Waals surface area contributed by atoms with Gasteiger partial charge in [0.25, 0.3) is 0 Å². The summed E-state index contributed by atoms with van der Waals surface area (Å²) in [6.07, 6.45) is 7.86. The Morgan fingerprint density at radius 1 is 1.08 bits per heavy atom. The standard InChI is InChI=1S/C22H35NO3/c1-13-6-19(16(4)24)23(15(13)3)20(25)14(2)21-8-17-7-18(9-21)11-22(10-17,12-21)26-5/h13-15,17-19H,6-12H2,1-5H3/t13-,14+,15?,17?,18?,19-,21?,22?/m0/s1. The lowest BCUT2D eigenvalue weighted by molar-refractivity contribution is -0.198. The third kappa shape index (κ3) is 2.58. The number of methoxy groups -OCH3 is 1. The van der Waals surface area contributed by atoms with Crippen molar-refractivity contribution in [1.82, 2.24) is 4.90 Å². The van der Waals surface area contributed by atoms with E-state index in [0.29, 0.717) is 17.8 Å². The smallest absolute Gasteiger partial charge is 0.226 e. The third-order valence-electron chi connectivity index (χ3n) is 8.69. The molecule has 0 radical (unpaired) electrons. The highest BCUT2D eigenvalue weighted by Gasteiger charge is 2.61. The summed E-state index contributed by atoms with van der Waals surface area (Å²) in [6, 6.07) is -0.0654. The van der Waals surface area contributed by atoms with Crippen LogP contribution in [0.5, 0.6) is 0 Å². The fourth-order valence-corrected chi connectivity index (χ4v) is 7.42. The second kappa shape index (κ2) is 6.05. The Labute approximate surface area is 158 Å². The quantitative estimate of drug-likeness (QED) is 0.765. The molecule has 1 aliphatic heterocycles. The summed E-state index contributed by atoms with van der Waals surface area (Å²) in [5.74, 6) is 2.16. The molecule has 4 bridgehead atoms. The first kappa shape index (κ1) is 18.5. The lowest BCUT2D eigenvalue weighted by atomic mass is 9.45. The largest absolute Gasteiger partial charge is 0.378 e. The van der Waals surface area contributed by atoms with Crippen LogP contribution in [0.4, 0.5) is 0 Å². The van der Waals surface area contributed by atoms with Crippen molar-refractivity contribution in [2.75, 3.05) is 7.11 Å². The average Bonchev–Trinajstić information content (AvgIpc) is 2.88. The Morgan fingerprint density at radius 2 is 1.69 bits per heavy atom. The topological polar surface area (TPSA) is 46.6 Å². The molecule has 3 unspecified atom stereocenters. The van der Waals surface area contributed by atoms with Crippen molar-refractivity contribution in [1.29, 1.82) is 0 Å². The van der Waals surface area contributed by atoms with Crippen molar-refractivity contribution in [3.8, 4) is 0 Å². The van der Waals surface area contributed by atoms with Crippen LogP contribution >= 0.6 is 0 Å². The third-order valence-corrected chi connectivity index (χ3v) is 8.69. The van der Waals surface area contributed by atoms with Crippen molar-refractivity contribution in [2.24, 2.45) is 29.1 Å². The lowest BCUT2D eigenvalue weighted by Gasteiger charge is -2.63. The summed E-state index contributed by atoms with van der Waals surface area (Å²) in [5, 5.41) is 0. The molecule has 26 heavy (non-hydrogen) atoms. The molecular formula is C22H35NO3. The molecule has 0 aromatic heterocycles. The number of ether oxygens (including phenoxy) is 1. The van der Waals surface area contributed by atoms with E-state index in [-0.39, 0.29) is 40.7 Å². The molecule has 5 aliphatic rings. The molecule has 146 valence electrons. The average molecular weight is 362 g/mol. The zero-order valence-corrected chi connectivity index (χ0v) is 17.1. The monoisotopic (exact) mass is 361 g/mol. The highest BCUT2D eigenvalue weighted by molar-refractivity contribution is 5.89. The maximum atomic E-state index is 13.7. The van der Waals surface area contributed by atoms with Gasteiger partial charge in [0.05, 0.1) is 11.6 Å². The van der Waals surface area contributed by atoms with Crippen LogP contribution in [0.15, 0.2) is 0 Å². The lowest BCUT2D eigenvalue weighted by Crippen LogP contribution is -2.61. The zero-order chi connectivity index (χ0) is 18.9. The second-order valence-corrected chi connectivity index (χ2v) is 10.3. The Balaban J connectivity index is 1.62. The van der Waals surface area contributed by atoms with Crippen molar-refractivity contribution in [2.45, 2.75) is 90.3 Å². The summed E-state index contributed by atoms with van der Waals surface area (Å²) >= 11 is 0. The van der Waals surface area contributed by atoms with Gasteiger partial charge in [-0.2, -0.15) is 0 Å². The van der Waals surface area contributed by atoms with E-state index in [4.69, 9.17) is 4.74 Å². The molecule has 4 nitrogen and oxygen atoms in total. The Bertz CT molecular complexity index is 601. The van der Waals surface area contributed by atoms with Gasteiger partial charge < -0.3 is 9.64 Å². The fraction of sp³-hybridized carbons (Fsp3) is 0.909. The van der Waals surface area contributed by atoms with E-state index >= 15 is 0 Å². The summed E-state index contributed by atoms with van der Waals surface area (Å²) < 4.78 is 6.05. The predicted molar refractivity (Wildman–Crippen MR) is 101 cm³/mol. The van der Waals surface area contributed by atoms with Crippen LogP contribution in [-0.2, 0) is 14.3 Å². The van der Waals surface area contributed by atoms with Gasteiger partial charge in [0.2, 0.25) is 5.91 Å². The minimum Gasteiger partial charge on any atom is -0.378 e. The van der Waals surface area contributed by atoms with Crippen LogP contribution in [0.3, 0.4) is 0 Å². The molecule has 4 saturated carbocycles. The van der Waals surface area contributed by atoms with Gasteiger partial charge in [0.15, 0.2) is 5.78 Å². The number of Topliss-reactive ketones (excluding diaryl/α,β-unsaturated/α-hetero) is 1. The first-order valence-electron chi connectivity index (χ1n) is 10.6. The molecule has 1 saturated heterocycles. The van der Waals surface area contributed by atoms with Gasteiger partial charge in [-0.1, -0.05) is 13.8 Å². The number of hydrogen-bond acceptors (Lipinski definition) is 3. The summed E-state index contributed by atoms with van der Waals surface area (Å²) in [5.41, 5.74) is 0.0760. The van der Waals surface area contributed by atoms with Crippen LogP contribution in [0.25, 0.3) is 0 Å².